The van der Waals surface area contributed by atoms with Gasteiger partial charge in [0.2, 0.25) is 12.7 Å². The molecular formula is C19H21ClN2O3. The fourth-order valence-electron chi connectivity index (χ4n) is 2.59. The molecule has 1 amide bonds. The van der Waals surface area contributed by atoms with Gasteiger partial charge < -0.3 is 20.1 Å². The van der Waals surface area contributed by atoms with E-state index in [4.69, 9.17) is 21.1 Å². The molecule has 2 aromatic carbocycles. The van der Waals surface area contributed by atoms with Crippen LogP contribution in [0.4, 0.5) is 0 Å². The number of hydrogen-bond donors (Lipinski definition) is 2. The highest BCUT2D eigenvalue weighted by Crippen LogP contribution is 2.32. The van der Waals surface area contributed by atoms with Crippen molar-refractivity contribution in [3.05, 3.63) is 58.6 Å². The molecule has 132 valence electrons. The van der Waals surface area contributed by atoms with Gasteiger partial charge in [0.25, 0.3) is 0 Å². The van der Waals surface area contributed by atoms with Crippen LogP contribution in [0.25, 0.3) is 0 Å². The Balaban J connectivity index is 1.30. The largest absolute Gasteiger partial charge is 0.454 e. The van der Waals surface area contributed by atoms with Gasteiger partial charge in [0, 0.05) is 24.5 Å². The summed E-state index contributed by atoms with van der Waals surface area (Å²) in [6.07, 6.45) is 1.33. The van der Waals surface area contributed by atoms with Crippen molar-refractivity contribution in [3.63, 3.8) is 0 Å². The molecule has 25 heavy (non-hydrogen) atoms. The number of carbonyl (C=O) groups excluding carboxylic acids is 1. The lowest BCUT2D eigenvalue weighted by molar-refractivity contribution is -0.121. The minimum atomic E-state index is 0.0212. The average Bonchev–Trinajstić information content (AvgIpc) is 3.07. The Hall–Kier alpha value is -2.24. The highest BCUT2D eigenvalue weighted by atomic mass is 35.5. The molecule has 1 aliphatic heterocycles. The monoisotopic (exact) mass is 360 g/mol. The van der Waals surface area contributed by atoms with Crippen molar-refractivity contribution in [2.75, 3.05) is 19.9 Å². The Morgan fingerprint density at radius 1 is 1.04 bits per heavy atom. The van der Waals surface area contributed by atoms with E-state index in [1.54, 1.807) is 0 Å². The lowest BCUT2D eigenvalue weighted by Gasteiger charge is -2.08. The molecule has 0 bridgehead atoms. The maximum absolute atomic E-state index is 11.9. The minimum Gasteiger partial charge on any atom is -0.454 e. The summed E-state index contributed by atoms with van der Waals surface area (Å²) in [5.41, 5.74) is 2.18. The van der Waals surface area contributed by atoms with E-state index in [2.05, 4.69) is 10.6 Å². The zero-order valence-corrected chi connectivity index (χ0v) is 14.6. The number of benzene rings is 2. The number of rotatable bonds is 8. The molecule has 3 rings (SSSR count). The van der Waals surface area contributed by atoms with E-state index in [0.29, 0.717) is 19.5 Å². The first-order valence-corrected chi connectivity index (χ1v) is 8.69. The predicted molar refractivity (Wildman–Crippen MR) is 97.1 cm³/mol. The maximum atomic E-state index is 11.9. The molecule has 0 fully saturated rings. The van der Waals surface area contributed by atoms with Crippen LogP contribution in [0.15, 0.2) is 42.5 Å². The average molecular weight is 361 g/mol. The third-order valence-corrected chi connectivity index (χ3v) is 4.17. The van der Waals surface area contributed by atoms with Gasteiger partial charge in [-0.2, -0.15) is 0 Å². The van der Waals surface area contributed by atoms with Gasteiger partial charge in [0.1, 0.15) is 0 Å². The van der Waals surface area contributed by atoms with Crippen LogP contribution < -0.4 is 20.1 Å². The zero-order chi connectivity index (χ0) is 17.5. The van der Waals surface area contributed by atoms with E-state index in [0.717, 1.165) is 35.1 Å². The first-order chi connectivity index (χ1) is 12.2. The van der Waals surface area contributed by atoms with E-state index in [1.165, 1.54) is 5.56 Å². The molecule has 0 radical (unpaired) electrons. The Morgan fingerprint density at radius 3 is 2.80 bits per heavy atom. The number of hydrogen-bond acceptors (Lipinski definition) is 4. The van der Waals surface area contributed by atoms with Crippen LogP contribution in [0.5, 0.6) is 11.5 Å². The normalized spacial score (nSPS) is 12.2. The van der Waals surface area contributed by atoms with Gasteiger partial charge in [-0.25, -0.2) is 0 Å². The second kappa shape index (κ2) is 8.74. The minimum absolute atomic E-state index is 0.0212. The zero-order valence-electron chi connectivity index (χ0n) is 13.9. The molecule has 0 spiro atoms. The van der Waals surface area contributed by atoms with Crippen LogP contribution in [0, 0.1) is 0 Å². The predicted octanol–water partition coefficient (Wildman–Crippen LogP) is 2.91. The van der Waals surface area contributed by atoms with Gasteiger partial charge in [0.05, 0.1) is 0 Å². The van der Waals surface area contributed by atoms with Crippen molar-refractivity contribution >= 4 is 17.5 Å². The Bertz CT molecular complexity index is 736. The van der Waals surface area contributed by atoms with Crippen molar-refractivity contribution in [2.24, 2.45) is 0 Å². The number of amides is 1. The molecule has 6 heteroatoms. The van der Waals surface area contributed by atoms with Crippen molar-refractivity contribution in [1.82, 2.24) is 10.6 Å². The van der Waals surface area contributed by atoms with Gasteiger partial charge in [-0.3, -0.25) is 4.79 Å². The van der Waals surface area contributed by atoms with Crippen LogP contribution in [0.3, 0.4) is 0 Å². The van der Waals surface area contributed by atoms with Gasteiger partial charge in [-0.15, -0.1) is 0 Å². The summed E-state index contributed by atoms with van der Waals surface area (Å²) >= 11 is 5.95. The van der Waals surface area contributed by atoms with E-state index in [1.807, 2.05) is 42.5 Å². The second-order valence-electron chi connectivity index (χ2n) is 5.84. The quantitative estimate of drug-likeness (QED) is 0.711. The number of carbonyl (C=O) groups is 1. The van der Waals surface area contributed by atoms with E-state index in [-0.39, 0.29) is 12.7 Å². The molecular weight excluding hydrogens is 340 g/mol. The lowest BCUT2D eigenvalue weighted by Crippen LogP contribution is -2.28. The van der Waals surface area contributed by atoms with Crippen molar-refractivity contribution in [3.8, 4) is 11.5 Å². The van der Waals surface area contributed by atoms with E-state index >= 15 is 0 Å². The van der Waals surface area contributed by atoms with Crippen molar-refractivity contribution in [2.45, 2.75) is 19.4 Å². The number of halogens is 1. The van der Waals surface area contributed by atoms with E-state index in [9.17, 15) is 4.79 Å². The number of fused-ring (bicyclic) bond motifs is 1. The lowest BCUT2D eigenvalue weighted by atomic mass is 10.1. The van der Waals surface area contributed by atoms with Gasteiger partial charge in [-0.1, -0.05) is 29.8 Å². The molecule has 0 aromatic heterocycles. The summed E-state index contributed by atoms with van der Waals surface area (Å²) < 4.78 is 10.6. The van der Waals surface area contributed by atoms with Gasteiger partial charge >= 0.3 is 0 Å². The van der Waals surface area contributed by atoms with Crippen molar-refractivity contribution in [1.29, 1.82) is 0 Å². The van der Waals surface area contributed by atoms with Crippen LogP contribution in [0.2, 0.25) is 5.02 Å². The molecule has 0 atom stereocenters. The standard InChI is InChI=1S/C19H21ClN2O3/c20-16-3-1-2-14(10-16)6-8-21-9-7-19(23)22-12-15-4-5-17-18(11-15)25-13-24-17/h1-5,10-11,21H,6-9,12-13H2,(H,22,23). The van der Waals surface area contributed by atoms with Crippen LogP contribution in [0.1, 0.15) is 17.5 Å². The summed E-state index contributed by atoms with van der Waals surface area (Å²) in [6, 6.07) is 13.5. The molecule has 0 unspecified atom stereocenters. The number of nitrogens with one attached hydrogen (secondary N) is 2. The third kappa shape index (κ3) is 5.37. The molecule has 0 saturated heterocycles. The van der Waals surface area contributed by atoms with Gasteiger partial charge in [0.15, 0.2) is 11.5 Å². The SMILES string of the molecule is O=C(CCNCCc1cccc(Cl)c1)NCc1ccc2c(c1)OCO2. The topological polar surface area (TPSA) is 59.6 Å². The Kier molecular flexibility index (Phi) is 6.14. The molecule has 2 N–H and O–H groups in total. The van der Waals surface area contributed by atoms with Crippen molar-refractivity contribution < 1.29 is 14.3 Å². The van der Waals surface area contributed by atoms with E-state index < -0.39 is 0 Å². The summed E-state index contributed by atoms with van der Waals surface area (Å²) in [6.45, 7) is 2.20. The Morgan fingerprint density at radius 2 is 1.92 bits per heavy atom. The highest BCUT2D eigenvalue weighted by Gasteiger charge is 2.13. The Labute approximate surface area is 152 Å². The van der Waals surface area contributed by atoms with Crippen LogP contribution >= 0.6 is 11.6 Å². The molecule has 1 aliphatic rings. The third-order valence-electron chi connectivity index (χ3n) is 3.93. The fraction of sp³-hybridized carbons (Fsp3) is 0.316. The fourth-order valence-corrected chi connectivity index (χ4v) is 2.80. The first kappa shape index (κ1) is 17.6. The van der Waals surface area contributed by atoms with Crippen LogP contribution in [-0.4, -0.2) is 25.8 Å². The maximum Gasteiger partial charge on any atom is 0.231 e. The second-order valence-corrected chi connectivity index (χ2v) is 6.28. The number of ether oxygens (including phenoxy) is 2. The summed E-state index contributed by atoms with van der Waals surface area (Å²) in [5.74, 6) is 1.50. The first-order valence-electron chi connectivity index (χ1n) is 8.31. The smallest absolute Gasteiger partial charge is 0.231 e. The highest BCUT2D eigenvalue weighted by molar-refractivity contribution is 6.30. The molecule has 5 nitrogen and oxygen atoms in total. The molecule has 0 aliphatic carbocycles. The molecule has 0 saturated carbocycles. The van der Waals surface area contributed by atoms with Gasteiger partial charge in [-0.05, 0) is 48.4 Å². The molecule has 2 aromatic rings. The summed E-state index contributed by atoms with van der Waals surface area (Å²) in [7, 11) is 0. The van der Waals surface area contributed by atoms with Crippen LogP contribution in [-0.2, 0) is 17.8 Å². The summed E-state index contributed by atoms with van der Waals surface area (Å²) in [5, 5.41) is 6.94. The molecule has 1 heterocycles. The summed E-state index contributed by atoms with van der Waals surface area (Å²) in [4.78, 5) is 11.9.